The first-order valence-corrected chi connectivity index (χ1v) is 7.87. The molecule has 0 aromatic heterocycles. The average molecular weight is 369 g/mol. The van der Waals surface area contributed by atoms with Gasteiger partial charge in [-0.3, -0.25) is 0 Å². The normalized spacial score (nSPS) is 10.1. The Morgan fingerprint density at radius 3 is 2.12 bits per heavy atom. The largest absolute Gasteiger partial charge is 0.214 e. The third-order valence-corrected chi connectivity index (χ3v) is 3.53. The maximum atomic E-state index is 4.23. The Morgan fingerprint density at radius 1 is 0.800 bits per heavy atom. The number of nitrogens with zero attached hydrogens (tertiary/aromatic N) is 2. The van der Waals surface area contributed by atoms with Crippen LogP contribution in [0, 0.1) is 13.0 Å². The summed E-state index contributed by atoms with van der Waals surface area (Å²) in [5.41, 5.74) is 2.82. The first-order chi connectivity index (χ1) is 11.8. The summed E-state index contributed by atoms with van der Waals surface area (Å²) >= 11 is 0. The van der Waals surface area contributed by atoms with Gasteiger partial charge < -0.3 is 0 Å². The van der Waals surface area contributed by atoms with E-state index in [-0.39, 0.29) is 16.5 Å². The Labute approximate surface area is 158 Å². The van der Waals surface area contributed by atoms with Crippen LogP contribution in [0.25, 0.3) is 10.8 Å². The molecule has 0 heterocycles. The van der Waals surface area contributed by atoms with E-state index in [1.165, 1.54) is 5.56 Å². The summed E-state index contributed by atoms with van der Waals surface area (Å²) in [6.45, 7) is 2.05. The van der Waals surface area contributed by atoms with Crippen molar-refractivity contribution in [2.24, 2.45) is 10.2 Å². The molecule has 0 saturated carbocycles. The van der Waals surface area contributed by atoms with Crippen LogP contribution < -0.4 is 0 Å². The minimum atomic E-state index is 0. The molecular formula is C22H18N2Ni-2. The number of fused-ring (bicyclic) bond motifs is 1. The zero-order valence-corrected chi connectivity index (χ0v) is 14.9. The summed E-state index contributed by atoms with van der Waals surface area (Å²) in [7, 11) is 0. The van der Waals surface area contributed by atoms with Crippen molar-refractivity contribution >= 4 is 22.1 Å². The van der Waals surface area contributed by atoms with Crippen molar-refractivity contribution in [1.82, 2.24) is 0 Å². The molecular weight excluding hydrogens is 351 g/mol. The summed E-state index contributed by atoms with van der Waals surface area (Å²) < 4.78 is 0. The monoisotopic (exact) mass is 368 g/mol. The van der Waals surface area contributed by atoms with Gasteiger partial charge >= 0.3 is 0 Å². The van der Waals surface area contributed by atoms with Crippen molar-refractivity contribution < 1.29 is 16.5 Å². The Hall–Kier alpha value is -2.64. The third kappa shape index (κ3) is 5.74. The van der Waals surface area contributed by atoms with Crippen molar-refractivity contribution in [3.63, 3.8) is 0 Å². The fourth-order valence-electron chi connectivity index (χ4n) is 2.22. The number of rotatable bonds is 2. The quantitative estimate of drug-likeness (QED) is 0.212. The molecule has 2 nitrogen and oxygen atoms in total. The molecule has 0 bridgehead atoms. The van der Waals surface area contributed by atoms with E-state index in [4.69, 9.17) is 0 Å². The number of aryl methyl sites for hydroxylation is 1. The van der Waals surface area contributed by atoms with Gasteiger partial charge in [0.05, 0.1) is 5.69 Å². The van der Waals surface area contributed by atoms with Crippen molar-refractivity contribution in [2.45, 2.75) is 6.92 Å². The maximum absolute atomic E-state index is 4.23. The molecule has 0 amide bonds. The maximum Gasteiger partial charge on any atom is 0.0856 e. The summed E-state index contributed by atoms with van der Waals surface area (Å²) in [5, 5.41) is 10.8. The van der Waals surface area contributed by atoms with E-state index in [0.717, 1.165) is 22.1 Å². The van der Waals surface area contributed by atoms with Crippen LogP contribution in [0.4, 0.5) is 11.4 Å². The van der Waals surface area contributed by atoms with Crippen LogP contribution in [0.15, 0.2) is 101 Å². The van der Waals surface area contributed by atoms with E-state index in [1.807, 2.05) is 78.9 Å². The van der Waals surface area contributed by atoms with Gasteiger partial charge in [0.15, 0.2) is 0 Å². The van der Waals surface area contributed by atoms with Crippen LogP contribution in [0.3, 0.4) is 0 Å². The fourth-order valence-corrected chi connectivity index (χ4v) is 2.22. The SMILES string of the molecule is Cc1ccc(N=Nc2[c-]cc3ccccc3c2)cc1.[Ni].c1cc[cH-]c1. The number of azo groups is 1. The second-order valence-corrected chi connectivity index (χ2v) is 5.44. The molecule has 0 fully saturated rings. The molecule has 0 aliphatic heterocycles. The van der Waals surface area contributed by atoms with E-state index in [9.17, 15) is 0 Å². The van der Waals surface area contributed by atoms with Crippen molar-refractivity contribution in [3.05, 3.63) is 103 Å². The summed E-state index contributed by atoms with van der Waals surface area (Å²) in [5.74, 6) is 0. The van der Waals surface area contributed by atoms with Gasteiger partial charge in [-0.25, -0.2) is 12.1 Å². The van der Waals surface area contributed by atoms with Crippen molar-refractivity contribution in [3.8, 4) is 0 Å². The molecule has 0 atom stereocenters. The molecule has 25 heavy (non-hydrogen) atoms. The van der Waals surface area contributed by atoms with Gasteiger partial charge in [0, 0.05) is 16.5 Å². The van der Waals surface area contributed by atoms with Crippen molar-refractivity contribution in [2.75, 3.05) is 0 Å². The molecule has 0 aliphatic rings. The van der Waals surface area contributed by atoms with Gasteiger partial charge in [-0.1, -0.05) is 35.9 Å². The van der Waals surface area contributed by atoms with Crippen LogP contribution in [-0.4, -0.2) is 0 Å². The van der Waals surface area contributed by atoms with E-state index < -0.39 is 0 Å². The summed E-state index contributed by atoms with van der Waals surface area (Å²) in [6.07, 6.45) is 0. The molecule has 4 aromatic rings. The predicted molar refractivity (Wildman–Crippen MR) is 100 cm³/mol. The van der Waals surface area contributed by atoms with E-state index >= 15 is 0 Å². The zero-order chi connectivity index (χ0) is 16.6. The van der Waals surface area contributed by atoms with Gasteiger partial charge in [0.1, 0.15) is 0 Å². The van der Waals surface area contributed by atoms with Crippen LogP contribution in [0.5, 0.6) is 0 Å². The zero-order valence-electron chi connectivity index (χ0n) is 13.9. The van der Waals surface area contributed by atoms with Gasteiger partial charge in [-0.05, 0) is 24.7 Å². The predicted octanol–water partition coefficient (Wildman–Crippen LogP) is 6.77. The Bertz CT molecular complexity index is 893. The van der Waals surface area contributed by atoms with Gasteiger partial charge in [0.25, 0.3) is 0 Å². The standard InChI is InChI=1S/C17H13N2.C5H5.Ni/c1-13-6-9-16(10-7-13)18-19-17-11-8-14-4-2-3-5-15(14)12-17;1-2-4-5-3-1;/h2-10,12H,1H3;1-5H;/q2*-1;. The van der Waals surface area contributed by atoms with Gasteiger partial charge in [-0.2, -0.15) is 40.6 Å². The summed E-state index contributed by atoms with van der Waals surface area (Å²) in [6, 6.07) is 33.2. The molecule has 4 rings (SSSR count). The molecule has 0 N–H and O–H groups in total. The molecule has 0 radical (unpaired) electrons. The second kappa shape index (κ2) is 9.61. The number of hydrogen-bond acceptors (Lipinski definition) is 2. The van der Waals surface area contributed by atoms with Crippen molar-refractivity contribution in [1.29, 1.82) is 0 Å². The topological polar surface area (TPSA) is 24.7 Å². The first kappa shape index (κ1) is 18.7. The van der Waals surface area contributed by atoms with E-state index in [1.54, 1.807) is 0 Å². The molecule has 128 valence electrons. The van der Waals surface area contributed by atoms with E-state index in [0.29, 0.717) is 0 Å². The Balaban J connectivity index is 0.000000325. The number of benzene rings is 3. The van der Waals surface area contributed by atoms with E-state index in [2.05, 4.69) is 35.4 Å². The van der Waals surface area contributed by atoms with Crippen LogP contribution in [-0.2, 0) is 16.5 Å². The minimum absolute atomic E-state index is 0. The molecule has 0 spiro atoms. The smallest absolute Gasteiger partial charge is 0.0856 e. The van der Waals surface area contributed by atoms with Crippen LogP contribution in [0.2, 0.25) is 0 Å². The molecule has 0 saturated heterocycles. The molecule has 3 heteroatoms. The average Bonchev–Trinajstić information content (AvgIpc) is 3.21. The fraction of sp³-hybridized carbons (Fsp3) is 0.0455. The Morgan fingerprint density at radius 2 is 1.48 bits per heavy atom. The number of hydrogen-bond donors (Lipinski definition) is 0. The molecule has 0 unspecified atom stereocenters. The Kier molecular flexibility index (Phi) is 7.19. The van der Waals surface area contributed by atoms with Crippen LogP contribution in [0.1, 0.15) is 5.56 Å². The van der Waals surface area contributed by atoms with Gasteiger partial charge in [0.2, 0.25) is 0 Å². The van der Waals surface area contributed by atoms with Gasteiger partial charge in [-0.15, -0.1) is 22.9 Å². The first-order valence-electron chi connectivity index (χ1n) is 7.87. The van der Waals surface area contributed by atoms with Crippen LogP contribution >= 0.6 is 0 Å². The minimum Gasteiger partial charge on any atom is -0.214 e. The third-order valence-electron chi connectivity index (χ3n) is 3.53. The molecule has 0 aliphatic carbocycles. The summed E-state index contributed by atoms with van der Waals surface area (Å²) in [4.78, 5) is 0. The second-order valence-electron chi connectivity index (χ2n) is 5.44. The molecule has 4 aromatic carbocycles.